The van der Waals surface area contributed by atoms with E-state index in [0.717, 1.165) is 6.42 Å². The molecule has 27 heavy (non-hydrogen) atoms. The van der Waals surface area contributed by atoms with Gasteiger partial charge in [-0.25, -0.2) is 0 Å². The molecule has 2 amide bonds. The Labute approximate surface area is 159 Å². The van der Waals surface area contributed by atoms with Crippen molar-refractivity contribution in [2.24, 2.45) is 5.92 Å². The Bertz CT molecular complexity index is 806. The third-order valence-electron chi connectivity index (χ3n) is 3.90. The van der Waals surface area contributed by atoms with Gasteiger partial charge in [0.1, 0.15) is 5.69 Å². The summed E-state index contributed by atoms with van der Waals surface area (Å²) in [5.74, 6) is 0.934. The van der Waals surface area contributed by atoms with E-state index in [0.29, 0.717) is 35.2 Å². The molecule has 0 atom stereocenters. The highest BCUT2D eigenvalue weighted by molar-refractivity contribution is 6.05. The molecule has 0 unspecified atom stereocenters. The van der Waals surface area contributed by atoms with E-state index in [1.807, 2.05) is 0 Å². The van der Waals surface area contributed by atoms with Gasteiger partial charge in [-0.1, -0.05) is 13.8 Å². The van der Waals surface area contributed by atoms with Crippen LogP contribution in [0.3, 0.4) is 0 Å². The van der Waals surface area contributed by atoms with E-state index in [-0.39, 0.29) is 17.5 Å². The lowest BCUT2D eigenvalue weighted by Gasteiger charge is -2.11. The van der Waals surface area contributed by atoms with Crippen LogP contribution in [0, 0.1) is 5.92 Å². The van der Waals surface area contributed by atoms with Crippen molar-refractivity contribution in [3.63, 3.8) is 0 Å². The molecule has 0 spiro atoms. The fourth-order valence-corrected chi connectivity index (χ4v) is 2.38. The molecular weight excluding hydrogens is 346 g/mol. The average molecular weight is 371 g/mol. The Kier molecular flexibility index (Phi) is 7.16. The van der Waals surface area contributed by atoms with E-state index < -0.39 is 0 Å². The third kappa shape index (κ3) is 5.70. The molecule has 0 saturated carbocycles. The van der Waals surface area contributed by atoms with E-state index in [2.05, 4.69) is 29.5 Å². The number of amides is 2. The number of hydrogen-bond donors (Lipinski definition) is 2. The number of nitrogens with one attached hydrogen (secondary N) is 2. The molecule has 7 heteroatoms. The summed E-state index contributed by atoms with van der Waals surface area (Å²) < 4.78 is 10.4. The molecule has 1 aromatic heterocycles. The number of methoxy groups -OCH3 is 2. The van der Waals surface area contributed by atoms with Gasteiger partial charge in [0, 0.05) is 30.1 Å². The normalized spacial score (nSPS) is 10.4. The molecule has 2 N–H and O–H groups in total. The molecule has 7 nitrogen and oxygen atoms in total. The SMILES string of the molecule is COc1ccc(NC(=O)c2ccnc(C(=O)NCCC(C)C)c2)cc1OC. The standard InChI is InChI=1S/C20H25N3O4/c1-13(2)7-9-22-20(25)16-11-14(8-10-21-16)19(24)23-15-5-6-17(26-3)18(12-15)27-4/h5-6,8,10-13H,7,9H2,1-4H3,(H,22,25)(H,23,24). The second-order valence-corrected chi connectivity index (χ2v) is 6.39. The molecule has 144 valence electrons. The van der Waals surface area contributed by atoms with Crippen LogP contribution in [0.25, 0.3) is 0 Å². The molecule has 0 aliphatic rings. The van der Waals surface area contributed by atoms with E-state index in [1.54, 1.807) is 31.4 Å². The molecule has 2 rings (SSSR count). The lowest BCUT2D eigenvalue weighted by Crippen LogP contribution is -2.26. The van der Waals surface area contributed by atoms with Crippen molar-refractivity contribution in [2.45, 2.75) is 20.3 Å². The number of ether oxygens (including phenoxy) is 2. The van der Waals surface area contributed by atoms with Gasteiger partial charge >= 0.3 is 0 Å². The highest BCUT2D eigenvalue weighted by atomic mass is 16.5. The molecule has 0 aliphatic carbocycles. The number of carbonyl (C=O) groups is 2. The Balaban J connectivity index is 2.07. The molecule has 0 radical (unpaired) electrons. The van der Waals surface area contributed by atoms with Gasteiger partial charge in [0.25, 0.3) is 11.8 Å². The zero-order valence-electron chi connectivity index (χ0n) is 16.0. The number of anilines is 1. The molecular formula is C20H25N3O4. The van der Waals surface area contributed by atoms with Gasteiger partial charge in [-0.2, -0.15) is 0 Å². The number of pyridine rings is 1. The zero-order valence-corrected chi connectivity index (χ0v) is 16.0. The summed E-state index contributed by atoms with van der Waals surface area (Å²) >= 11 is 0. The number of hydrogen-bond acceptors (Lipinski definition) is 5. The Morgan fingerprint density at radius 2 is 1.78 bits per heavy atom. The van der Waals surface area contributed by atoms with Crippen molar-refractivity contribution in [3.05, 3.63) is 47.8 Å². The Morgan fingerprint density at radius 1 is 1.04 bits per heavy atom. The number of carbonyl (C=O) groups excluding carboxylic acids is 2. The van der Waals surface area contributed by atoms with Crippen molar-refractivity contribution < 1.29 is 19.1 Å². The summed E-state index contributed by atoms with van der Waals surface area (Å²) in [5.41, 5.74) is 1.10. The van der Waals surface area contributed by atoms with Crippen LogP contribution in [0.4, 0.5) is 5.69 Å². The third-order valence-corrected chi connectivity index (χ3v) is 3.90. The van der Waals surface area contributed by atoms with Crippen LogP contribution in [0.1, 0.15) is 41.1 Å². The van der Waals surface area contributed by atoms with Crippen LogP contribution in [0.5, 0.6) is 11.5 Å². The molecule has 1 aromatic carbocycles. The first-order valence-corrected chi connectivity index (χ1v) is 8.72. The quantitative estimate of drug-likeness (QED) is 0.744. The first-order chi connectivity index (χ1) is 12.9. The summed E-state index contributed by atoms with van der Waals surface area (Å²) in [6.45, 7) is 4.74. The van der Waals surface area contributed by atoms with Crippen molar-refractivity contribution in [2.75, 3.05) is 26.1 Å². The minimum absolute atomic E-state index is 0.207. The van der Waals surface area contributed by atoms with Crippen molar-refractivity contribution in [1.29, 1.82) is 0 Å². The Hall–Kier alpha value is -3.09. The summed E-state index contributed by atoms with van der Waals surface area (Å²) in [4.78, 5) is 28.7. The second kappa shape index (κ2) is 9.56. The smallest absolute Gasteiger partial charge is 0.269 e. The van der Waals surface area contributed by atoms with Gasteiger partial charge in [-0.15, -0.1) is 0 Å². The number of benzene rings is 1. The predicted molar refractivity (Wildman–Crippen MR) is 104 cm³/mol. The summed E-state index contributed by atoms with van der Waals surface area (Å²) in [6.07, 6.45) is 2.33. The molecule has 0 fully saturated rings. The minimum atomic E-state index is -0.346. The van der Waals surface area contributed by atoms with Crippen molar-refractivity contribution >= 4 is 17.5 Å². The maximum Gasteiger partial charge on any atom is 0.269 e. The number of aromatic nitrogens is 1. The average Bonchev–Trinajstić information content (AvgIpc) is 2.67. The predicted octanol–water partition coefficient (Wildman–Crippen LogP) is 3.13. The van der Waals surface area contributed by atoms with E-state index in [9.17, 15) is 9.59 Å². The van der Waals surface area contributed by atoms with Gasteiger partial charge in [0.2, 0.25) is 0 Å². The van der Waals surface area contributed by atoms with Crippen LogP contribution < -0.4 is 20.1 Å². The van der Waals surface area contributed by atoms with Crippen molar-refractivity contribution in [1.82, 2.24) is 10.3 Å². The number of nitrogens with zero attached hydrogens (tertiary/aromatic N) is 1. The molecule has 2 aromatic rings. The van der Waals surface area contributed by atoms with E-state index >= 15 is 0 Å². The van der Waals surface area contributed by atoms with Crippen LogP contribution in [-0.4, -0.2) is 37.6 Å². The second-order valence-electron chi connectivity index (χ2n) is 6.39. The summed E-state index contributed by atoms with van der Waals surface area (Å²) in [6, 6.07) is 8.10. The Morgan fingerprint density at radius 3 is 2.44 bits per heavy atom. The highest BCUT2D eigenvalue weighted by Gasteiger charge is 2.13. The fourth-order valence-electron chi connectivity index (χ4n) is 2.38. The van der Waals surface area contributed by atoms with E-state index in [1.165, 1.54) is 19.4 Å². The summed E-state index contributed by atoms with van der Waals surface area (Å²) in [7, 11) is 3.07. The van der Waals surface area contributed by atoms with Gasteiger partial charge < -0.3 is 20.1 Å². The van der Waals surface area contributed by atoms with Crippen LogP contribution in [0.15, 0.2) is 36.5 Å². The largest absolute Gasteiger partial charge is 0.493 e. The first kappa shape index (κ1) is 20.2. The van der Waals surface area contributed by atoms with Crippen molar-refractivity contribution in [3.8, 4) is 11.5 Å². The summed E-state index contributed by atoms with van der Waals surface area (Å²) in [5, 5.41) is 5.58. The monoisotopic (exact) mass is 371 g/mol. The molecule has 1 heterocycles. The fraction of sp³-hybridized carbons (Fsp3) is 0.350. The van der Waals surface area contributed by atoms with Gasteiger partial charge in [0.05, 0.1) is 14.2 Å². The minimum Gasteiger partial charge on any atom is -0.493 e. The van der Waals surface area contributed by atoms with Crippen LogP contribution in [0.2, 0.25) is 0 Å². The lowest BCUT2D eigenvalue weighted by molar-refractivity contribution is 0.0947. The van der Waals surface area contributed by atoms with Crippen LogP contribution in [-0.2, 0) is 0 Å². The lowest BCUT2D eigenvalue weighted by atomic mass is 10.1. The van der Waals surface area contributed by atoms with E-state index in [4.69, 9.17) is 9.47 Å². The van der Waals surface area contributed by atoms with Gasteiger partial charge in [-0.3, -0.25) is 14.6 Å². The molecule has 0 bridgehead atoms. The van der Waals surface area contributed by atoms with Gasteiger partial charge in [0.15, 0.2) is 11.5 Å². The highest BCUT2D eigenvalue weighted by Crippen LogP contribution is 2.29. The van der Waals surface area contributed by atoms with Crippen LogP contribution >= 0.6 is 0 Å². The molecule has 0 saturated heterocycles. The maximum atomic E-state index is 12.5. The number of rotatable bonds is 8. The zero-order chi connectivity index (χ0) is 19.8. The first-order valence-electron chi connectivity index (χ1n) is 8.72. The van der Waals surface area contributed by atoms with Gasteiger partial charge in [-0.05, 0) is 36.6 Å². The molecule has 0 aliphatic heterocycles. The topological polar surface area (TPSA) is 89.5 Å². The maximum absolute atomic E-state index is 12.5.